The summed E-state index contributed by atoms with van der Waals surface area (Å²) in [7, 11) is 1.85. The Hall–Kier alpha value is -3.98. The number of amides is 2. The Morgan fingerprint density at radius 1 is 1.12 bits per heavy atom. The molecule has 0 fully saturated rings. The molecule has 34 heavy (non-hydrogen) atoms. The number of carbonyl (C=O) groups is 1. The number of hydrazone groups is 1. The summed E-state index contributed by atoms with van der Waals surface area (Å²) in [4.78, 5) is 17.6. The lowest BCUT2D eigenvalue weighted by atomic mass is 9.98. The number of nitrogens with one attached hydrogen (secondary N) is 1. The van der Waals surface area contributed by atoms with Gasteiger partial charge in [-0.2, -0.15) is 10.2 Å². The second kappa shape index (κ2) is 9.11. The van der Waals surface area contributed by atoms with Crippen LogP contribution in [0.15, 0.2) is 88.8 Å². The van der Waals surface area contributed by atoms with Crippen LogP contribution < -0.4 is 5.32 Å². The monoisotopic (exact) mass is 516 g/mol. The largest absolute Gasteiger partial charge is 0.508 e. The number of rotatable bonds is 4. The number of pyridine rings is 1. The number of benzene rings is 2. The van der Waals surface area contributed by atoms with Crippen molar-refractivity contribution in [3.63, 3.8) is 0 Å². The van der Waals surface area contributed by atoms with Gasteiger partial charge in [0, 0.05) is 54.4 Å². The van der Waals surface area contributed by atoms with Crippen molar-refractivity contribution in [3.8, 4) is 17.0 Å². The van der Waals surface area contributed by atoms with Crippen molar-refractivity contribution >= 4 is 33.4 Å². The Kier molecular flexibility index (Phi) is 5.85. The summed E-state index contributed by atoms with van der Waals surface area (Å²) in [5, 5.41) is 23.9. The quantitative estimate of drug-likeness (QED) is 0.383. The summed E-state index contributed by atoms with van der Waals surface area (Å²) < 4.78 is 2.59. The molecule has 1 aliphatic rings. The maximum atomic E-state index is 13.4. The molecule has 0 bridgehead atoms. The summed E-state index contributed by atoms with van der Waals surface area (Å²) in [5.74, 6) is 0.120. The van der Waals surface area contributed by atoms with E-state index < -0.39 is 12.1 Å². The summed E-state index contributed by atoms with van der Waals surface area (Å²) >= 11 is 3.53. The number of para-hydroxylation sites is 1. The van der Waals surface area contributed by atoms with Gasteiger partial charge in [0.05, 0.1) is 16.2 Å². The topological polar surface area (TPSA) is 95.6 Å². The van der Waals surface area contributed by atoms with Crippen molar-refractivity contribution in [2.24, 2.45) is 12.1 Å². The van der Waals surface area contributed by atoms with Gasteiger partial charge in [-0.15, -0.1) is 0 Å². The molecule has 3 heterocycles. The maximum Gasteiger partial charge on any atom is 0.342 e. The molecule has 0 radical (unpaired) electrons. The summed E-state index contributed by atoms with van der Waals surface area (Å²) in [6.07, 6.45) is 5.74. The smallest absolute Gasteiger partial charge is 0.342 e. The van der Waals surface area contributed by atoms with E-state index in [1.807, 2.05) is 55.7 Å². The van der Waals surface area contributed by atoms with Crippen LogP contribution in [-0.4, -0.2) is 36.6 Å². The van der Waals surface area contributed by atoms with Crippen molar-refractivity contribution in [3.05, 3.63) is 94.9 Å². The van der Waals surface area contributed by atoms with Crippen LogP contribution in [0.2, 0.25) is 0 Å². The molecule has 0 saturated carbocycles. The Balaban J connectivity index is 1.46. The number of anilines is 1. The molecule has 5 rings (SSSR count). The Bertz CT molecular complexity index is 1390. The number of hydrogen-bond donors (Lipinski definition) is 2. The SMILES string of the molecule is Cn1cc(Br)c(-c2cccc(NC(=O)N3N=C(c4cccnc4)CC3c3ccccc3O)c2)n1. The van der Waals surface area contributed by atoms with E-state index in [1.54, 1.807) is 35.3 Å². The van der Waals surface area contributed by atoms with Gasteiger partial charge in [-0.3, -0.25) is 9.67 Å². The minimum Gasteiger partial charge on any atom is -0.508 e. The van der Waals surface area contributed by atoms with Crippen LogP contribution in [0.25, 0.3) is 11.3 Å². The van der Waals surface area contributed by atoms with Crippen molar-refractivity contribution in [1.82, 2.24) is 19.8 Å². The van der Waals surface area contributed by atoms with Gasteiger partial charge >= 0.3 is 6.03 Å². The van der Waals surface area contributed by atoms with Gasteiger partial charge in [0.25, 0.3) is 0 Å². The number of aromatic hydroxyl groups is 1. The van der Waals surface area contributed by atoms with Gasteiger partial charge in [0.15, 0.2) is 0 Å². The van der Waals surface area contributed by atoms with Crippen LogP contribution in [-0.2, 0) is 7.05 Å². The second-order valence-electron chi connectivity index (χ2n) is 7.92. The van der Waals surface area contributed by atoms with Gasteiger partial charge in [-0.1, -0.05) is 36.4 Å². The van der Waals surface area contributed by atoms with Crippen LogP contribution in [0.1, 0.15) is 23.6 Å². The number of phenols is 1. The molecule has 0 aliphatic carbocycles. The van der Waals surface area contributed by atoms with E-state index in [1.165, 1.54) is 5.01 Å². The Morgan fingerprint density at radius 3 is 2.68 bits per heavy atom. The van der Waals surface area contributed by atoms with Crippen molar-refractivity contribution in [1.29, 1.82) is 0 Å². The number of urea groups is 1. The van der Waals surface area contributed by atoms with Crippen LogP contribution in [0.3, 0.4) is 0 Å². The van der Waals surface area contributed by atoms with Crippen LogP contribution in [0, 0.1) is 0 Å². The molecule has 2 aromatic carbocycles. The number of carbonyl (C=O) groups excluding carboxylic acids is 1. The lowest BCUT2D eigenvalue weighted by Gasteiger charge is -2.23. The molecule has 9 heteroatoms. The molecular formula is C25H21BrN6O2. The van der Waals surface area contributed by atoms with E-state index in [9.17, 15) is 9.90 Å². The van der Waals surface area contributed by atoms with Gasteiger partial charge in [-0.05, 0) is 40.2 Å². The maximum absolute atomic E-state index is 13.4. The first-order valence-corrected chi connectivity index (χ1v) is 11.4. The number of hydrogen-bond acceptors (Lipinski definition) is 5. The van der Waals surface area contributed by atoms with Gasteiger partial charge in [-0.25, -0.2) is 9.80 Å². The molecule has 8 nitrogen and oxygen atoms in total. The fourth-order valence-corrected chi connectivity index (χ4v) is 4.60. The molecule has 2 amide bonds. The predicted molar refractivity (Wildman–Crippen MR) is 133 cm³/mol. The highest BCUT2D eigenvalue weighted by molar-refractivity contribution is 9.10. The highest BCUT2D eigenvalue weighted by atomic mass is 79.9. The fraction of sp³-hybridized carbons (Fsp3) is 0.120. The molecule has 1 aliphatic heterocycles. The zero-order chi connectivity index (χ0) is 23.7. The van der Waals surface area contributed by atoms with Crippen LogP contribution in [0.4, 0.5) is 10.5 Å². The van der Waals surface area contributed by atoms with Crippen molar-refractivity contribution in [2.75, 3.05) is 5.32 Å². The van der Waals surface area contributed by atoms with E-state index in [0.29, 0.717) is 17.7 Å². The van der Waals surface area contributed by atoms with E-state index in [2.05, 4.69) is 36.4 Å². The summed E-state index contributed by atoms with van der Waals surface area (Å²) in [6, 6.07) is 17.4. The number of phenolic OH excluding ortho intramolecular Hbond substituents is 1. The van der Waals surface area contributed by atoms with E-state index in [-0.39, 0.29) is 5.75 Å². The molecule has 0 spiro atoms. The van der Waals surface area contributed by atoms with Gasteiger partial charge in [0.1, 0.15) is 11.4 Å². The third-order valence-corrected chi connectivity index (χ3v) is 6.16. The van der Waals surface area contributed by atoms with Crippen molar-refractivity contribution < 1.29 is 9.90 Å². The van der Waals surface area contributed by atoms with Gasteiger partial charge < -0.3 is 10.4 Å². The zero-order valence-electron chi connectivity index (χ0n) is 18.3. The zero-order valence-corrected chi connectivity index (χ0v) is 19.8. The third kappa shape index (κ3) is 4.29. The first-order valence-electron chi connectivity index (χ1n) is 10.6. The number of aryl methyl sites for hydroxylation is 1. The molecular weight excluding hydrogens is 496 g/mol. The van der Waals surface area contributed by atoms with Crippen LogP contribution >= 0.6 is 15.9 Å². The average Bonchev–Trinajstić information content (AvgIpc) is 3.43. The number of aromatic nitrogens is 3. The fourth-order valence-electron chi connectivity index (χ4n) is 4.00. The molecule has 2 N–H and O–H groups in total. The Morgan fingerprint density at radius 2 is 1.94 bits per heavy atom. The third-order valence-electron chi connectivity index (χ3n) is 5.58. The lowest BCUT2D eigenvalue weighted by Crippen LogP contribution is -2.31. The lowest BCUT2D eigenvalue weighted by molar-refractivity contribution is 0.199. The molecule has 4 aromatic rings. The molecule has 170 valence electrons. The summed E-state index contributed by atoms with van der Waals surface area (Å²) in [6.45, 7) is 0. The normalized spacial score (nSPS) is 15.3. The highest BCUT2D eigenvalue weighted by Gasteiger charge is 2.34. The molecule has 1 unspecified atom stereocenters. The predicted octanol–water partition coefficient (Wildman–Crippen LogP) is 5.33. The first-order chi connectivity index (χ1) is 16.5. The molecule has 0 saturated heterocycles. The first kappa shape index (κ1) is 21.8. The molecule has 1 atom stereocenters. The van der Waals surface area contributed by atoms with E-state index in [0.717, 1.165) is 27.0 Å². The minimum atomic E-state index is -0.454. The highest BCUT2D eigenvalue weighted by Crippen LogP contribution is 2.37. The van der Waals surface area contributed by atoms with E-state index >= 15 is 0 Å². The van der Waals surface area contributed by atoms with Gasteiger partial charge in [0.2, 0.25) is 0 Å². The average molecular weight is 517 g/mol. The Labute approximate surface area is 204 Å². The second-order valence-corrected chi connectivity index (χ2v) is 8.78. The standard InChI is InChI=1S/C25H21BrN6O2/c1-31-15-20(26)24(30-31)16-6-4-8-18(12-16)28-25(34)32-22(19-9-2-3-10-23(19)33)13-21(29-32)17-7-5-11-27-14-17/h2-12,14-15,22,33H,13H2,1H3,(H,28,34). The number of nitrogens with zero attached hydrogens (tertiary/aromatic N) is 5. The minimum absolute atomic E-state index is 0.120. The number of halogens is 1. The van der Waals surface area contributed by atoms with Crippen molar-refractivity contribution in [2.45, 2.75) is 12.5 Å². The van der Waals surface area contributed by atoms with E-state index in [4.69, 9.17) is 0 Å². The molecule has 2 aromatic heterocycles. The van der Waals surface area contributed by atoms with Crippen LogP contribution in [0.5, 0.6) is 5.75 Å². The summed E-state index contributed by atoms with van der Waals surface area (Å²) in [5.41, 5.74) is 4.45.